The number of hydrogen-bond acceptors (Lipinski definition) is 3. The van der Waals surface area contributed by atoms with Crippen molar-refractivity contribution in [2.24, 2.45) is 0 Å². The third-order valence-electron chi connectivity index (χ3n) is 6.70. The molecule has 0 amide bonds. The van der Waals surface area contributed by atoms with Crippen molar-refractivity contribution in [3.05, 3.63) is 89.9 Å². The number of imidazole rings is 1. The number of rotatable bonds is 4. The predicted octanol–water partition coefficient (Wildman–Crippen LogP) is 8.37. The van der Waals surface area contributed by atoms with Gasteiger partial charge in [-0.2, -0.15) is 9.37 Å². The van der Waals surface area contributed by atoms with Crippen LogP contribution < -0.4 is 0 Å². The Morgan fingerprint density at radius 1 is 0.743 bits per heavy atom. The molecule has 174 valence electrons. The van der Waals surface area contributed by atoms with Gasteiger partial charge in [-0.1, -0.05) is 70.2 Å². The Kier molecular flexibility index (Phi) is 4.95. The fraction of sp³-hybridized carbons (Fsp3) is 0.200. The summed E-state index contributed by atoms with van der Waals surface area (Å²) in [7, 11) is 0. The summed E-state index contributed by atoms with van der Waals surface area (Å²) in [5.41, 5.74) is 7.44. The number of para-hydroxylation sites is 4. The van der Waals surface area contributed by atoms with Crippen LogP contribution in [0.5, 0.6) is 0 Å². The molecule has 0 aliphatic heterocycles. The van der Waals surface area contributed by atoms with Gasteiger partial charge in [-0.05, 0) is 53.3 Å². The second kappa shape index (κ2) is 8.05. The van der Waals surface area contributed by atoms with Crippen molar-refractivity contribution >= 4 is 33.1 Å². The van der Waals surface area contributed by atoms with E-state index in [-0.39, 0.29) is 0 Å². The maximum atomic E-state index is 13.9. The molecular formula is C30H26FN3O. The van der Waals surface area contributed by atoms with E-state index in [1.165, 1.54) is 22.9 Å². The molecule has 0 saturated carbocycles. The molecule has 3 aromatic heterocycles. The molecule has 3 heterocycles. The fourth-order valence-electron chi connectivity index (χ4n) is 5.04. The third-order valence-corrected chi connectivity index (χ3v) is 6.70. The van der Waals surface area contributed by atoms with Crippen molar-refractivity contribution in [3.63, 3.8) is 0 Å². The van der Waals surface area contributed by atoms with Gasteiger partial charge in [0.25, 0.3) is 0 Å². The van der Waals surface area contributed by atoms with Crippen LogP contribution in [0.2, 0.25) is 0 Å². The van der Waals surface area contributed by atoms with Crippen molar-refractivity contribution in [1.29, 1.82) is 0 Å². The van der Waals surface area contributed by atoms with Gasteiger partial charge in [-0.3, -0.25) is 4.57 Å². The number of nitrogens with zero attached hydrogens (tertiary/aromatic N) is 3. The maximum Gasteiger partial charge on any atom is 0.229 e. The SMILES string of the molecule is CC(C)c1cccc(C(C)C)c1-n1c(-c2cccc3c2oc2nc(F)ccc23)nc2ccccc21. The van der Waals surface area contributed by atoms with Gasteiger partial charge in [0, 0.05) is 10.8 Å². The first-order valence-electron chi connectivity index (χ1n) is 12.0. The number of aromatic nitrogens is 3. The summed E-state index contributed by atoms with van der Waals surface area (Å²) in [5.74, 6) is 0.892. The molecule has 4 nitrogen and oxygen atoms in total. The highest BCUT2D eigenvalue weighted by Gasteiger charge is 2.24. The molecule has 0 bridgehead atoms. The number of hydrogen-bond donors (Lipinski definition) is 0. The molecule has 0 aliphatic carbocycles. The van der Waals surface area contributed by atoms with Gasteiger partial charge in [0.2, 0.25) is 11.7 Å². The lowest BCUT2D eigenvalue weighted by Crippen LogP contribution is -2.08. The van der Waals surface area contributed by atoms with Gasteiger partial charge in [-0.15, -0.1) is 0 Å². The standard InChI is InChI=1S/C30H26FN3O/c1-17(2)19-9-7-10-20(18(3)4)27(19)34-25-14-6-5-13-24(25)32-29(34)23-12-8-11-21-22-15-16-26(31)33-30(22)35-28(21)23/h5-18H,1-4H3. The van der Waals surface area contributed by atoms with Gasteiger partial charge in [-0.25, -0.2) is 4.98 Å². The molecule has 0 fully saturated rings. The number of fused-ring (bicyclic) bond motifs is 4. The van der Waals surface area contributed by atoms with Crippen LogP contribution in [0.3, 0.4) is 0 Å². The lowest BCUT2D eigenvalue weighted by Gasteiger charge is -2.22. The van der Waals surface area contributed by atoms with E-state index in [1.807, 2.05) is 36.4 Å². The fourth-order valence-corrected chi connectivity index (χ4v) is 5.04. The van der Waals surface area contributed by atoms with Crippen LogP contribution in [0.4, 0.5) is 4.39 Å². The summed E-state index contributed by atoms with van der Waals surface area (Å²) in [6, 6.07) is 23.9. The first kappa shape index (κ1) is 21.5. The predicted molar refractivity (Wildman–Crippen MR) is 140 cm³/mol. The molecule has 0 radical (unpaired) electrons. The van der Waals surface area contributed by atoms with Crippen LogP contribution in [-0.4, -0.2) is 14.5 Å². The average molecular weight is 464 g/mol. The second-order valence-electron chi connectivity index (χ2n) is 9.63. The van der Waals surface area contributed by atoms with E-state index in [9.17, 15) is 4.39 Å². The molecule has 0 spiro atoms. The Morgan fingerprint density at radius 2 is 1.46 bits per heavy atom. The zero-order chi connectivity index (χ0) is 24.3. The molecule has 35 heavy (non-hydrogen) atoms. The largest absolute Gasteiger partial charge is 0.437 e. The van der Waals surface area contributed by atoms with Crippen LogP contribution >= 0.6 is 0 Å². The third kappa shape index (κ3) is 3.34. The molecule has 0 unspecified atom stereocenters. The molecule has 5 heteroatoms. The number of halogens is 1. The molecule has 0 aliphatic rings. The van der Waals surface area contributed by atoms with E-state index in [0.29, 0.717) is 23.1 Å². The van der Waals surface area contributed by atoms with Crippen LogP contribution in [0.1, 0.15) is 50.7 Å². The van der Waals surface area contributed by atoms with Crippen LogP contribution in [-0.2, 0) is 0 Å². The van der Waals surface area contributed by atoms with Crippen molar-refractivity contribution < 1.29 is 8.81 Å². The normalized spacial score (nSPS) is 12.1. The van der Waals surface area contributed by atoms with E-state index in [4.69, 9.17) is 9.40 Å². The number of benzene rings is 3. The number of furan rings is 1. The van der Waals surface area contributed by atoms with Gasteiger partial charge in [0.05, 0.1) is 22.3 Å². The zero-order valence-electron chi connectivity index (χ0n) is 20.2. The molecule has 6 rings (SSSR count). The minimum Gasteiger partial charge on any atom is -0.437 e. The second-order valence-corrected chi connectivity index (χ2v) is 9.63. The Balaban J connectivity index is 1.76. The first-order valence-corrected chi connectivity index (χ1v) is 12.0. The van der Waals surface area contributed by atoms with E-state index >= 15 is 0 Å². The van der Waals surface area contributed by atoms with E-state index in [0.717, 1.165) is 33.2 Å². The summed E-state index contributed by atoms with van der Waals surface area (Å²) in [5, 5.41) is 1.68. The smallest absolute Gasteiger partial charge is 0.229 e. The molecule has 0 saturated heterocycles. The van der Waals surface area contributed by atoms with Crippen molar-refractivity contribution in [2.75, 3.05) is 0 Å². The molecule has 6 aromatic rings. The van der Waals surface area contributed by atoms with E-state index in [1.54, 1.807) is 6.07 Å². The highest BCUT2D eigenvalue weighted by atomic mass is 19.1. The van der Waals surface area contributed by atoms with Crippen molar-refractivity contribution in [2.45, 2.75) is 39.5 Å². The lowest BCUT2D eigenvalue weighted by atomic mass is 9.92. The van der Waals surface area contributed by atoms with Crippen LogP contribution in [0, 0.1) is 5.95 Å². The van der Waals surface area contributed by atoms with Gasteiger partial charge in [0.15, 0.2) is 0 Å². The molecule has 0 atom stereocenters. The summed E-state index contributed by atoms with van der Waals surface area (Å²) in [6.45, 7) is 8.90. The Morgan fingerprint density at radius 3 is 2.20 bits per heavy atom. The Hall–Kier alpha value is -3.99. The molecule has 0 N–H and O–H groups in total. The van der Waals surface area contributed by atoms with Gasteiger partial charge >= 0.3 is 0 Å². The summed E-state index contributed by atoms with van der Waals surface area (Å²) >= 11 is 0. The molecular weight excluding hydrogens is 437 g/mol. The summed E-state index contributed by atoms with van der Waals surface area (Å²) < 4.78 is 22.3. The zero-order valence-corrected chi connectivity index (χ0v) is 20.2. The van der Waals surface area contributed by atoms with E-state index < -0.39 is 5.95 Å². The van der Waals surface area contributed by atoms with Crippen LogP contribution in [0.15, 0.2) is 77.2 Å². The highest BCUT2D eigenvalue weighted by Crippen LogP contribution is 2.40. The van der Waals surface area contributed by atoms with Gasteiger partial charge in [0.1, 0.15) is 11.4 Å². The van der Waals surface area contributed by atoms with E-state index in [2.05, 4.69) is 61.5 Å². The first-order chi connectivity index (χ1) is 16.9. The monoisotopic (exact) mass is 463 g/mol. The van der Waals surface area contributed by atoms with Gasteiger partial charge < -0.3 is 4.42 Å². The number of pyridine rings is 1. The quantitative estimate of drug-likeness (QED) is 0.247. The minimum absolute atomic E-state index is 0.292. The minimum atomic E-state index is -0.558. The molecule has 3 aromatic carbocycles. The van der Waals surface area contributed by atoms with Crippen molar-refractivity contribution in [1.82, 2.24) is 14.5 Å². The average Bonchev–Trinajstić information content (AvgIpc) is 3.41. The maximum absolute atomic E-state index is 13.9. The topological polar surface area (TPSA) is 43.9 Å². The summed E-state index contributed by atoms with van der Waals surface area (Å²) in [6.07, 6.45) is 0. The highest BCUT2D eigenvalue weighted by molar-refractivity contribution is 6.08. The lowest BCUT2D eigenvalue weighted by molar-refractivity contribution is 0.569. The van der Waals surface area contributed by atoms with Crippen molar-refractivity contribution in [3.8, 4) is 17.1 Å². The van der Waals surface area contributed by atoms with Crippen LogP contribution in [0.25, 0.3) is 50.2 Å². The summed E-state index contributed by atoms with van der Waals surface area (Å²) in [4.78, 5) is 9.09. The Bertz CT molecular complexity index is 1700. The Labute approximate surface area is 203 Å².